The van der Waals surface area contributed by atoms with E-state index in [2.05, 4.69) is 41.4 Å². The van der Waals surface area contributed by atoms with Crippen LogP contribution in [0.3, 0.4) is 0 Å². The average molecular weight is 379 g/mol. The van der Waals surface area contributed by atoms with Crippen LogP contribution in [0.2, 0.25) is 0 Å². The zero-order chi connectivity index (χ0) is 19.9. The number of carbonyl (C=O) groups excluding carboxylic acids is 1. The van der Waals surface area contributed by atoms with Crippen molar-refractivity contribution in [3.8, 4) is 5.75 Å². The molecule has 0 bridgehead atoms. The van der Waals surface area contributed by atoms with Crippen LogP contribution >= 0.6 is 0 Å². The molecule has 2 aromatic carbocycles. The number of ether oxygens (including phenoxy) is 1. The maximum atomic E-state index is 12.8. The molecular weight excluding hydrogens is 348 g/mol. The Labute approximate surface area is 168 Å². The Hall–Kier alpha value is -2.75. The van der Waals surface area contributed by atoms with Gasteiger partial charge in [0.1, 0.15) is 5.75 Å². The highest BCUT2D eigenvalue weighted by molar-refractivity contribution is 5.97. The van der Waals surface area contributed by atoms with Crippen LogP contribution in [0.1, 0.15) is 32.3 Å². The zero-order valence-corrected chi connectivity index (χ0v) is 17.1. The smallest absolute Gasteiger partial charge is 0.180 e. The highest BCUT2D eigenvalue weighted by Crippen LogP contribution is 2.31. The van der Waals surface area contributed by atoms with E-state index in [-0.39, 0.29) is 5.78 Å². The van der Waals surface area contributed by atoms with Crippen LogP contribution in [0.5, 0.6) is 5.75 Å². The van der Waals surface area contributed by atoms with Crippen LogP contribution in [0.4, 0.5) is 5.69 Å². The molecule has 0 saturated heterocycles. The molecule has 0 saturated carbocycles. The van der Waals surface area contributed by atoms with Crippen molar-refractivity contribution in [2.24, 2.45) is 5.92 Å². The minimum Gasteiger partial charge on any atom is -0.494 e. The molecule has 0 radical (unpaired) electrons. The van der Waals surface area contributed by atoms with Crippen molar-refractivity contribution in [1.29, 1.82) is 0 Å². The van der Waals surface area contributed by atoms with E-state index in [1.807, 2.05) is 44.3 Å². The molecule has 0 heterocycles. The number of carbonyl (C=O) groups is 1. The van der Waals surface area contributed by atoms with Crippen LogP contribution < -0.4 is 10.1 Å². The first-order valence-corrected chi connectivity index (χ1v) is 10.1. The summed E-state index contributed by atoms with van der Waals surface area (Å²) in [5, 5.41) is 3.52. The van der Waals surface area contributed by atoms with Crippen molar-refractivity contribution in [2.45, 2.75) is 33.1 Å². The Bertz CT molecular complexity index is 812. The molecule has 2 aromatic rings. The maximum Gasteiger partial charge on any atom is 0.180 e. The van der Waals surface area contributed by atoms with Crippen molar-refractivity contribution >= 4 is 11.5 Å². The van der Waals surface area contributed by atoms with E-state index in [0.717, 1.165) is 42.2 Å². The van der Waals surface area contributed by atoms with Crippen molar-refractivity contribution in [2.75, 3.05) is 25.5 Å². The zero-order valence-electron chi connectivity index (χ0n) is 17.1. The molecular formula is C24H30N2O2. The van der Waals surface area contributed by atoms with E-state index >= 15 is 0 Å². The molecule has 0 aromatic heterocycles. The molecule has 0 aliphatic heterocycles. The van der Waals surface area contributed by atoms with Crippen LogP contribution in [-0.2, 0) is 11.2 Å². The highest BCUT2D eigenvalue weighted by Gasteiger charge is 2.28. The van der Waals surface area contributed by atoms with E-state index in [0.29, 0.717) is 18.9 Å². The standard InChI is InChI=1S/C24H30N2O2/c1-4-28-21-13-11-20(12-14-21)25-23-18(2)10-15-22(27)24(23)26(3)17-16-19-8-6-5-7-9-19/h5-9,11-14,18,25H,4,10,15-17H2,1-3H3. The predicted octanol–water partition coefficient (Wildman–Crippen LogP) is 4.88. The average Bonchev–Trinajstić information content (AvgIpc) is 2.71. The highest BCUT2D eigenvalue weighted by atomic mass is 16.5. The number of Topliss-reactive ketones (excluding diaryl/α,β-unsaturated/α-hetero) is 1. The van der Waals surface area contributed by atoms with Gasteiger partial charge in [-0.15, -0.1) is 0 Å². The second kappa shape index (κ2) is 9.45. The predicted molar refractivity (Wildman–Crippen MR) is 114 cm³/mol. The van der Waals surface area contributed by atoms with Gasteiger partial charge in [0.25, 0.3) is 0 Å². The number of rotatable bonds is 8. The van der Waals surface area contributed by atoms with E-state index in [9.17, 15) is 4.79 Å². The van der Waals surface area contributed by atoms with Gasteiger partial charge in [0.05, 0.1) is 12.3 Å². The molecule has 1 unspecified atom stereocenters. The first-order valence-electron chi connectivity index (χ1n) is 10.1. The van der Waals surface area contributed by atoms with Crippen molar-refractivity contribution < 1.29 is 9.53 Å². The largest absolute Gasteiger partial charge is 0.494 e. The summed E-state index contributed by atoms with van der Waals surface area (Å²) in [6, 6.07) is 18.3. The van der Waals surface area contributed by atoms with Gasteiger partial charge in [-0.1, -0.05) is 37.3 Å². The van der Waals surface area contributed by atoms with Crippen LogP contribution in [-0.4, -0.2) is 30.9 Å². The normalized spacial score (nSPS) is 16.8. The third-order valence-corrected chi connectivity index (χ3v) is 5.22. The second-order valence-electron chi connectivity index (χ2n) is 7.36. The lowest BCUT2D eigenvalue weighted by Gasteiger charge is -2.32. The number of likely N-dealkylation sites (N-methyl/N-ethyl adjacent to an activating group) is 1. The molecule has 148 valence electrons. The summed E-state index contributed by atoms with van der Waals surface area (Å²) in [5.41, 5.74) is 4.11. The molecule has 28 heavy (non-hydrogen) atoms. The summed E-state index contributed by atoms with van der Waals surface area (Å²) in [7, 11) is 2.02. The summed E-state index contributed by atoms with van der Waals surface area (Å²) in [6.45, 7) is 5.63. The van der Waals surface area contributed by atoms with Gasteiger partial charge in [0.2, 0.25) is 0 Å². The molecule has 1 atom stereocenters. The topological polar surface area (TPSA) is 41.6 Å². The number of hydrogen-bond donors (Lipinski definition) is 1. The minimum absolute atomic E-state index is 0.224. The third-order valence-electron chi connectivity index (χ3n) is 5.22. The van der Waals surface area contributed by atoms with Crippen molar-refractivity contribution in [3.05, 3.63) is 71.6 Å². The molecule has 4 heteroatoms. The lowest BCUT2D eigenvalue weighted by molar-refractivity contribution is -0.117. The van der Waals surface area contributed by atoms with E-state index in [4.69, 9.17) is 4.74 Å². The fourth-order valence-corrected chi connectivity index (χ4v) is 3.60. The van der Waals surface area contributed by atoms with E-state index in [1.54, 1.807) is 0 Å². The molecule has 1 N–H and O–H groups in total. The van der Waals surface area contributed by atoms with Gasteiger partial charge in [0.15, 0.2) is 5.78 Å². The first-order chi connectivity index (χ1) is 13.6. The number of hydrogen-bond acceptors (Lipinski definition) is 4. The summed E-state index contributed by atoms with van der Waals surface area (Å²) in [5.74, 6) is 1.40. The number of allylic oxidation sites excluding steroid dienone is 2. The lowest BCUT2D eigenvalue weighted by atomic mass is 9.89. The number of anilines is 1. The van der Waals surface area contributed by atoms with Crippen molar-refractivity contribution in [1.82, 2.24) is 4.90 Å². The van der Waals surface area contributed by atoms with Gasteiger partial charge in [-0.3, -0.25) is 4.79 Å². The molecule has 0 amide bonds. The number of benzene rings is 2. The summed E-state index contributed by atoms with van der Waals surface area (Å²) < 4.78 is 5.52. The van der Waals surface area contributed by atoms with Crippen LogP contribution in [0, 0.1) is 5.92 Å². The summed E-state index contributed by atoms with van der Waals surface area (Å²) >= 11 is 0. The first kappa shape index (κ1) is 20.0. The fraction of sp³-hybridized carbons (Fsp3) is 0.375. The Kier molecular flexibility index (Phi) is 6.75. The van der Waals surface area contributed by atoms with Gasteiger partial charge < -0.3 is 15.0 Å². The monoisotopic (exact) mass is 378 g/mol. The second-order valence-corrected chi connectivity index (χ2v) is 7.36. The van der Waals surface area contributed by atoms with Crippen LogP contribution in [0.15, 0.2) is 66.0 Å². The van der Waals surface area contributed by atoms with Gasteiger partial charge in [-0.2, -0.15) is 0 Å². The Morgan fingerprint density at radius 2 is 1.82 bits per heavy atom. The Balaban J connectivity index is 1.79. The quantitative estimate of drug-likeness (QED) is 0.711. The Morgan fingerprint density at radius 3 is 2.50 bits per heavy atom. The minimum atomic E-state index is 0.224. The molecule has 1 aliphatic carbocycles. The molecule has 0 fully saturated rings. The van der Waals surface area contributed by atoms with Crippen molar-refractivity contribution in [3.63, 3.8) is 0 Å². The molecule has 3 rings (SSSR count). The van der Waals surface area contributed by atoms with Gasteiger partial charge in [-0.05, 0) is 55.5 Å². The van der Waals surface area contributed by atoms with Gasteiger partial charge in [0, 0.05) is 31.4 Å². The third kappa shape index (κ3) is 4.94. The van der Waals surface area contributed by atoms with E-state index < -0.39 is 0 Å². The SMILES string of the molecule is CCOc1ccc(NC2=C(N(C)CCc3ccccc3)C(=O)CCC2C)cc1. The molecule has 0 spiro atoms. The molecule has 4 nitrogen and oxygen atoms in total. The maximum absolute atomic E-state index is 12.8. The summed E-state index contributed by atoms with van der Waals surface area (Å²) in [6.07, 6.45) is 2.41. The lowest BCUT2D eigenvalue weighted by Crippen LogP contribution is -2.33. The number of ketones is 1. The molecule has 1 aliphatic rings. The van der Waals surface area contributed by atoms with Gasteiger partial charge >= 0.3 is 0 Å². The summed E-state index contributed by atoms with van der Waals surface area (Å²) in [4.78, 5) is 14.9. The number of nitrogens with one attached hydrogen (secondary N) is 1. The Morgan fingerprint density at radius 1 is 1.11 bits per heavy atom. The number of nitrogens with zero attached hydrogens (tertiary/aromatic N) is 1. The van der Waals surface area contributed by atoms with Gasteiger partial charge in [-0.25, -0.2) is 0 Å². The fourth-order valence-electron chi connectivity index (χ4n) is 3.60. The van der Waals surface area contributed by atoms with Crippen LogP contribution in [0.25, 0.3) is 0 Å². The van der Waals surface area contributed by atoms with E-state index in [1.165, 1.54) is 5.56 Å².